The van der Waals surface area contributed by atoms with Crippen LogP contribution in [-0.4, -0.2) is 56.1 Å². The van der Waals surface area contributed by atoms with Crippen molar-refractivity contribution in [2.75, 3.05) is 10.6 Å². The van der Waals surface area contributed by atoms with Crippen LogP contribution in [0, 0.1) is 6.92 Å². The van der Waals surface area contributed by atoms with E-state index in [0.717, 1.165) is 29.5 Å². The Bertz CT molecular complexity index is 1720. The molecule has 0 radical (unpaired) electrons. The molecule has 0 aliphatic heterocycles. The molecule has 2 atom stereocenters. The lowest BCUT2D eigenvalue weighted by Gasteiger charge is -2.16. The van der Waals surface area contributed by atoms with Crippen molar-refractivity contribution in [1.29, 1.82) is 0 Å². The van der Waals surface area contributed by atoms with Crippen molar-refractivity contribution in [3.8, 4) is 11.4 Å². The van der Waals surface area contributed by atoms with Gasteiger partial charge in [0.2, 0.25) is 5.95 Å². The molecule has 0 amide bonds. The molecule has 6 rings (SSSR count). The molecule has 13 heteroatoms. The first-order valence-corrected chi connectivity index (χ1v) is 12.2. The maximum atomic E-state index is 13.6. The van der Waals surface area contributed by atoms with Crippen molar-refractivity contribution in [1.82, 2.24) is 44.1 Å². The first-order valence-electron chi connectivity index (χ1n) is 12.2. The van der Waals surface area contributed by atoms with Crippen molar-refractivity contribution in [2.24, 2.45) is 7.05 Å². The Balaban J connectivity index is 1.25. The zero-order valence-electron chi connectivity index (χ0n) is 20.8. The van der Waals surface area contributed by atoms with Crippen LogP contribution in [0.1, 0.15) is 25.0 Å². The van der Waals surface area contributed by atoms with Crippen LogP contribution in [0.5, 0.6) is 0 Å². The summed E-state index contributed by atoms with van der Waals surface area (Å²) in [5.74, 6) is 1.19. The van der Waals surface area contributed by atoms with Gasteiger partial charge in [0.25, 0.3) is 5.56 Å². The van der Waals surface area contributed by atoms with Crippen LogP contribution in [0.3, 0.4) is 0 Å². The van der Waals surface area contributed by atoms with Gasteiger partial charge in [-0.3, -0.25) is 19.0 Å². The lowest BCUT2D eigenvalue weighted by Crippen LogP contribution is -2.38. The van der Waals surface area contributed by atoms with Gasteiger partial charge in [0, 0.05) is 31.5 Å². The Morgan fingerprint density at radius 1 is 0.895 bits per heavy atom. The molecule has 5 aromatic heterocycles. The average molecular weight is 512 g/mol. The third kappa shape index (κ3) is 4.38. The van der Waals surface area contributed by atoms with Gasteiger partial charge >= 0.3 is 5.69 Å². The van der Waals surface area contributed by atoms with Crippen molar-refractivity contribution >= 4 is 22.7 Å². The van der Waals surface area contributed by atoms with Crippen molar-refractivity contribution in [3.63, 3.8) is 0 Å². The first-order chi connectivity index (χ1) is 18.5. The molecule has 1 fully saturated rings. The molecule has 0 spiro atoms. The summed E-state index contributed by atoms with van der Waals surface area (Å²) < 4.78 is 4.15. The van der Waals surface area contributed by atoms with Crippen molar-refractivity contribution in [3.05, 3.63) is 81.9 Å². The van der Waals surface area contributed by atoms with E-state index in [1.54, 1.807) is 48.5 Å². The Kier molecular flexibility index (Phi) is 5.86. The zero-order valence-corrected chi connectivity index (χ0v) is 20.8. The molecule has 5 heterocycles. The number of fused-ring (bicyclic) bond motifs is 1. The summed E-state index contributed by atoms with van der Waals surface area (Å²) >= 11 is 0. The largest absolute Gasteiger partial charge is 0.367 e. The maximum Gasteiger partial charge on any atom is 0.340 e. The van der Waals surface area contributed by atoms with E-state index in [9.17, 15) is 9.59 Å². The number of hydrogen-bond acceptors (Lipinski definition) is 10. The van der Waals surface area contributed by atoms with Crippen LogP contribution in [0.4, 0.5) is 11.8 Å². The average Bonchev–Trinajstić information content (AvgIpc) is 3.55. The predicted octanol–water partition coefficient (Wildman–Crippen LogP) is 1.60. The standard InChI is InChI=1S/C25H25N11O2/c1-15-10-28-24(33-32-15)31-17-4-3-16(9-17)30-22-6-5-18(11-27-22)36-23(37)20-7-8-26-13-21(20)35(25(36)38)19-12-29-34(2)14-19/h5-8,10-14,16-17H,3-4,9H2,1-2H3,(H,27,30)(H,28,31,33)/t16-,17-/m0/s1. The number of nitrogens with zero attached hydrogens (tertiary/aromatic N) is 9. The molecule has 1 aliphatic carbocycles. The molecule has 1 aliphatic rings. The van der Waals surface area contributed by atoms with E-state index in [1.165, 1.54) is 23.2 Å². The molecule has 0 saturated heterocycles. The van der Waals surface area contributed by atoms with E-state index >= 15 is 0 Å². The minimum Gasteiger partial charge on any atom is -0.367 e. The van der Waals surface area contributed by atoms with Crippen LogP contribution >= 0.6 is 0 Å². The van der Waals surface area contributed by atoms with Crippen molar-refractivity contribution < 1.29 is 0 Å². The Morgan fingerprint density at radius 3 is 2.45 bits per heavy atom. The molecule has 38 heavy (non-hydrogen) atoms. The SMILES string of the molecule is Cc1cnc(N[C@H]2CC[C@H](Nc3ccc(-n4c(=O)c5ccncc5n(-c5cnn(C)c5)c4=O)cn3)C2)nn1. The molecule has 2 N–H and O–H groups in total. The third-order valence-electron chi connectivity index (χ3n) is 6.61. The fourth-order valence-corrected chi connectivity index (χ4v) is 4.79. The van der Waals surface area contributed by atoms with Gasteiger partial charge in [-0.1, -0.05) is 0 Å². The number of hydrogen-bond donors (Lipinski definition) is 2. The topological polar surface area (TPSA) is 150 Å². The molecule has 1 saturated carbocycles. The van der Waals surface area contributed by atoms with E-state index in [-0.39, 0.29) is 12.1 Å². The lowest BCUT2D eigenvalue weighted by atomic mass is 10.2. The molecule has 0 aromatic carbocycles. The smallest absolute Gasteiger partial charge is 0.340 e. The van der Waals surface area contributed by atoms with E-state index in [4.69, 9.17) is 0 Å². The molecule has 192 valence electrons. The summed E-state index contributed by atoms with van der Waals surface area (Å²) in [6, 6.07) is 5.54. The van der Waals surface area contributed by atoms with E-state index in [1.807, 2.05) is 6.92 Å². The van der Waals surface area contributed by atoms with Gasteiger partial charge in [-0.15, -0.1) is 5.10 Å². The number of pyridine rings is 2. The third-order valence-corrected chi connectivity index (χ3v) is 6.61. The van der Waals surface area contributed by atoms with Crippen molar-refractivity contribution in [2.45, 2.75) is 38.3 Å². The Labute approximate surface area is 216 Å². The van der Waals surface area contributed by atoms with E-state index in [2.05, 4.69) is 40.9 Å². The van der Waals surface area contributed by atoms with Gasteiger partial charge in [-0.2, -0.15) is 10.2 Å². The van der Waals surface area contributed by atoms with Gasteiger partial charge in [-0.25, -0.2) is 19.3 Å². The lowest BCUT2D eigenvalue weighted by molar-refractivity contribution is 0.712. The summed E-state index contributed by atoms with van der Waals surface area (Å²) in [6.07, 6.45) is 12.3. The zero-order chi connectivity index (χ0) is 26.2. The van der Waals surface area contributed by atoms with E-state index < -0.39 is 11.2 Å². The van der Waals surface area contributed by atoms with Gasteiger partial charge in [-0.05, 0) is 44.4 Å². The minimum absolute atomic E-state index is 0.211. The van der Waals surface area contributed by atoms with Crippen LogP contribution < -0.4 is 21.9 Å². The summed E-state index contributed by atoms with van der Waals surface area (Å²) in [6.45, 7) is 1.85. The number of rotatable bonds is 6. The highest BCUT2D eigenvalue weighted by molar-refractivity contribution is 5.78. The normalized spacial score (nSPS) is 17.1. The highest BCUT2D eigenvalue weighted by Crippen LogP contribution is 2.24. The molecule has 0 bridgehead atoms. The Morgan fingerprint density at radius 2 is 1.74 bits per heavy atom. The van der Waals surface area contributed by atoms with Crippen LogP contribution in [0.2, 0.25) is 0 Å². The Hall–Kier alpha value is -4.94. The van der Waals surface area contributed by atoms with E-state index in [0.29, 0.717) is 34.0 Å². The van der Waals surface area contributed by atoms with Gasteiger partial charge in [0.05, 0.1) is 52.8 Å². The summed E-state index contributed by atoms with van der Waals surface area (Å²) in [5.41, 5.74) is 1.13. The van der Waals surface area contributed by atoms with Gasteiger partial charge in [0.1, 0.15) is 5.82 Å². The monoisotopic (exact) mass is 511 g/mol. The van der Waals surface area contributed by atoms with Crippen LogP contribution in [0.25, 0.3) is 22.3 Å². The number of anilines is 2. The first kappa shape index (κ1) is 23.5. The summed E-state index contributed by atoms with van der Waals surface area (Å²) in [7, 11) is 1.76. The number of nitrogens with one attached hydrogen (secondary N) is 2. The second-order valence-electron chi connectivity index (χ2n) is 9.34. The van der Waals surface area contributed by atoms with Crippen LogP contribution in [0.15, 0.2) is 65.0 Å². The second kappa shape index (κ2) is 9.50. The summed E-state index contributed by atoms with van der Waals surface area (Å²) in [5, 5.41) is 19.4. The predicted molar refractivity (Wildman–Crippen MR) is 141 cm³/mol. The fourth-order valence-electron chi connectivity index (χ4n) is 4.79. The van der Waals surface area contributed by atoms with Gasteiger partial charge in [0.15, 0.2) is 0 Å². The highest BCUT2D eigenvalue weighted by Gasteiger charge is 2.25. The molecule has 0 unspecified atom stereocenters. The van der Waals surface area contributed by atoms with Crippen LogP contribution in [-0.2, 0) is 7.05 Å². The maximum absolute atomic E-state index is 13.6. The molecular formula is C25H25N11O2. The minimum atomic E-state index is -0.525. The highest BCUT2D eigenvalue weighted by atomic mass is 16.2. The summed E-state index contributed by atoms with van der Waals surface area (Å²) in [4.78, 5) is 39.8. The molecular weight excluding hydrogens is 486 g/mol. The molecule has 5 aromatic rings. The number of aromatic nitrogens is 9. The van der Waals surface area contributed by atoms with Gasteiger partial charge < -0.3 is 10.6 Å². The fraction of sp³-hybridized carbons (Fsp3) is 0.280. The second-order valence-corrected chi connectivity index (χ2v) is 9.34. The number of aryl methyl sites for hydroxylation is 2. The molecule has 13 nitrogen and oxygen atoms in total. The quantitative estimate of drug-likeness (QED) is 0.344.